The monoisotopic (exact) mass is 409 g/mol. The number of carboxylic acid groups (broad SMARTS) is 1. The third-order valence-corrected chi connectivity index (χ3v) is 10.3. The zero-order valence-corrected chi connectivity index (χ0v) is 18.3. The summed E-state index contributed by atoms with van der Waals surface area (Å²) in [6.45, 7) is 6.72. The highest BCUT2D eigenvalue weighted by Gasteiger charge is 2.65. The molecule has 0 heterocycles. The Labute approximate surface area is 174 Å². The van der Waals surface area contributed by atoms with Crippen LogP contribution >= 0.6 is 0 Å². The maximum Gasteiger partial charge on any atom is 0.303 e. The molecule has 4 N–H and O–H groups in total. The van der Waals surface area contributed by atoms with Crippen molar-refractivity contribution in [2.45, 2.75) is 96.9 Å². The number of hydrogen-bond acceptors (Lipinski definition) is 4. The number of aliphatic hydroxyl groups excluding tert-OH is 3. The van der Waals surface area contributed by atoms with Gasteiger partial charge in [0.2, 0.25) is 0 Å². The van der Waals surface area contributed by atoms with Gasteiger partial charge in [0.1, 0.15) is 0 Å². The van der Waals surface area contributed by atoms with Gasteiger partial charge in [0.25, 0.3) is 0 Å². The minimum atomic E-state index is -0.748. The van der Waals surface area contributed by atoms with E-state index in [0.717, 1.165) is 44.9 Å². The quantitative estimate of drug-likeness (QED) is 0.533. The third-order valence-electron chi connectivity index (χ3n) is 10.3. The molecule has 0 spiro atoms. The minimum absolute atomic E-state index is 0.0957. The maximum atomic E-state index is 11.5. The smallest absolute Gasteiger partial charge is 0.303 e. The number of rotatable bonds is 4. The predicted molar refractivity (Wildman–Crippen MR) is 110 cm³/mol. The molecule has 0 aliphatic heterocycles. The number of aliphatic carboxylic acids is 1. The van der Waals surface area contributed by atoms with Gasteiger partial charge in [-0.05, 0) is 97.7 Å². The van der Waals surface area contributed by atoms with E-state index in [9.17, 15) is 20.1 Å². The molecule has 0 aromatic carbocycles. The van der Waals surface area contributed by atoms with Crippen molar-refractivity contribution < 1.29 is 25.2 Å². The van der Waals surface area contributed by atoms with Crippen LogP contribution in [0.3, 0.4) is 0 Å². The van der Waals surface area contributed by atoms with Gasteiger partial charge in [0.05, 0.1) is 18.3 Å². The molecule has 0 bridgehead atoms. The second kappa shape index (κ2) is 7.49. The van der Waals surface area contributed by atoms with Crippen molar-refractivity contribution in [1.82, 2.24) is 0 Å². The van der Waals surface area contributed by atoms with Gasteiger partial charge in [-0.3, -0.25) is 4.79 Å². The molecule has 166 valence electrons. The SMILES string of the molecule is C[C@H](CC[13C](=O)O)[C@H]1CC[C@H]2[C@@H]3[C@H](O)C[C@@H]4C[C@H](O)CC[C@]4(C)[C@H]3C[C@H](O)[C@]12C. The first-order chi connectivity index (χ1) is 13.6. The summed E-state index contributed by atoms with van der Waals surface area (Å²) in [5.41, 5.74) is -0.143. The van der Waals surface area contributed by atoms with E-state index >= 15 is 0 Å². The summed E-state index contributed by atoms with van der Waals surface area (Å²) >= 11 is 0. The van der Waals surface area contributed by atoms with Crippen molar-refractivity contribution in [3.63, 3.8) is 0 Å². The molecule has 5 heteroatoms. The lowest BCUT2D eigenvalue weighted by Gasteiger charge is -2.63. The molecule has 0 unspecified atom stereocenters. The first-order valence-electron chi connectivity index (χ1n) is 11.8. The highest BCUT2D eigenvalue weighted by atomic mass is 16.5. The molecule has 0 saturated heterocycles. The van der Waals surface area contributed by atoms with Gasteiger partial charge >= 0.3 is 5.97 Å². The molecular formula is C24H40O5. The maximum absolute atomic E-state index is 11.5. The molecular weight excluding hydrogens is 369 g/mol. The van der Waals surface area contributed by atoms with E-state index in [2.05, 4.69) is 20.8 Å². The fraction of sp³-hybridized carbons (Fsp3) is 0.958. The summed E-state index contributed by atoms with van der Waals surface area (Å²) in [5.74, 6) is 0.997. The van der Waals surface area contributed by atoms with Crippen LogP contribution in [-0.4, -0.2) is 44.7 Å². The molecule has 4 aliphatic rings. The highest BCUT2D eigenvalue weighted by molar-refractivity contribution is 5.66. The molecule has 29 heavy (non-hydrogen) atoms. The first-order valence-corrected chi connectivity index (χ1v) is 11.8. The van der Waals surface area contributed by atoms with Gasteiger partial charge in [-0.25, -0.2) is 0 Å². The second-order valence-corrected chi connectivity index (χ2v) is 11.4. The van der Waals surface area contributed by atoms with Crippen LogP contribution in [0.2, 0.25) is 0 Å². The van der Waals surface area contributed by atoms with Gasteiger partial charge < -0.3 is 20.4 Å². The Hall–Kier alpha value is -0.650. The van der Waals surface area contributed by atoms with Crippen molar-refractivity contribution in [1.29, 1.82) is 0 Å². The standard InChI is InChI=1S/C24H40O5/c1-13(4-7-21(28)29)16-5-6-17-22-18(12-20(27)24(16,17)3)23(2)9-8-15(25)10-14(23)11-19(22)26/h13-20,22,25-27H,4-12H2,1-3H3,(H,28,29)/t13-,14+,15-,16-,17+,18+,19-,20+,22+,23+,24-/m1/s1/i21+1. The van der Waals surface area contributed by atoms with Crippen molar-refractivity contribution in [3.05, 3.63) is 0 Å². The summed E-state index contributed by atoms with van der Waals surface area (Å²) < 4.78 is 0. The Morgan fingerprint density at radius 3 is 2.45 bits per heavy atom. The number of aliphatic hydroxyl groups is 3. The largest absolute Gasteiger partial charge is 0.481 e. The lowest BCUT2D eigenvalue weighted by Crippen LogP contribution is -2.62. The summed E-state index contributed by atoms with van der Waals surface area (Å²) in [4.78, 5) is 11.1. The van der Waals surface area contributed by atoms with E-state index in [4.69, 9.17) is 5.11 Å². The predicted octanol–water partition coefficient (Wildman–Crippen LogP) is 3.45. The van der Waals surface area contributed by atoms with Gasteiger partial charge in [0.15, 0.2) is 0 Å². The van der Waals surface area contributed by atoms with Crippen LogP contribution in [0.4, 0.5) is 0 Å². The van der Waals surface area contributed by atoms with Crippen LogP contribution in [0.1, 0.15) is 78.6 Å². The van der Waals surface area contributed by atoms with Crippen LogP contribution < -0.4 is 0 Å². The molecule has 0 aromatic heterocycles. The van der Waals surface area contributed by atoms with E-state index in [1.165, 1.54) is 0 Å². The van der Waals surface area contributed by atoms with Gasteiger partial charge in [-0.15, -0.1) is 0 Å². The Kier molecular flexibility index (Phi) is 5.57. The number of hydrogen-bond donors (Lipinski definition) is 4. The van der Waals surface area contributed by atoms with Crippen molar-refractivity contribution in [2.24, 2.45) is 46.3 Å². The van der Waals surface area contributed by atoms with Gasteiger partial charge in [-0.1, -0.05) is 20.8 Å². The number of fused-ring (bicyclic) bond motifs is 5. The van der Waals surface area contributed by atoms with Gasteiger partial charge in [0, 0.05) is 6.42 Å². The van der Waals surface area contributed by atoms with Gasteiger partial charge in [-0.2, -0.15) is 0 Å². The normalized spacial score (nSPS) is 52.9. The summed E-state index contributed by atoms with van der Waals surface area (Å²) in [6, 6.07) is 0. The summed E-state index contributed by atoms with van der Waals surface area (Å²) in [6.07, 6.45) is 6.00. The number of carboxylic acids is 1. The summed E-state index contributed by atoms with van der Waals surface area (Å²) in [7, 11) is 0. The summed E-state index contributed by atoms with van der Waals surface area (Å²) in [5, 5.41) is 42.0. The van der Waals surface area contributed by atoms with Crippen LogP contribution in [0.5, 0.6) is 0 Å². The molecule has 4 rings (SSSR count). The molecule has 0 aromatic rings. The molecule has 4 fully saturated rings. The third kappa shape index (κ3) is 3.27. The molecule has 11 atom stereocenters. The molecule has 4 aliphatic carbocycles. The Bertz CT molecular complexity index is 637. The Morgan fingerprint density at radius 2 is 1.76 bits per heavy atom. The van der Waals surface area contributed by atoms with Crippen LogP contribution in [0.25, 0.3) is 0 Å². The number of carbonyl (C=O) groups is 1. The second-order valence-electron chi connectivity index (χ2n) is 11.4. The highest BCUT2D eigenvalue weighted by Crippen LogP contribution is 2.68. The fourth-order valence-corrected chi connectivity index (χ4v) is 8.68. The molecule has 0 amide bonds. The lowest BCUT2D eigenvalue weighted by atomic mass is 9.43. The van der Waals surface area contributed by atoms with E-state index < -0.39 is 12.1 Å². The van der Waals surface area contributed by atoms with E-state index in [1.807, 2.05) is 0 Å². The lowest BCUT2D eigenvalue weighted by molar-refractivity contribution is -0.207. The van der Waals surface area contributed by atoms with Crippen molar-refractivity contribution >= 4 is 5.97 Å². The Balaban J connectivity index is 1.61. The fourth-order valence-electron chi connectivity index (χ4n) is 8.68. The Morgan fingerprint density at radius 1 is 1.03 bits per heavy atom. The van der Waals surface area contributed by atoms with E-state index in [0.29, 0.717) is 30.1 Å². The average Bonchev–Trinajstić information content (AvgIpc) is 3.01. The molecule has 0 radical (unpaired) electrons. The van der Waals surface area contributed by atoms with Crippen LogP contribution in [-0.2, 0) is 4.79 Å². The molecule has 5 nitrogen and oxygen atoms in total. The molecule has 4 saturated carbocycles. The zero-order valence-electron chi connectivity index (χ0n) is 18.3. The first kappa shape index (κ1) is 21.6. The van der Waals surface area contributed by atoms with E-state index in [-0.39, 0.29) is 41.3 Å². The zero-order chi connectivity index (χ0) is 21.1. The van der Waals surface area contributed by atoms with Crippen LogP contribution in [0.15, 0.2) is 0 Å². The minimum Gasteiger partial charge on any atom is -0.481 e. The topological polar surface area (TPSA) is 98.0 Å². The average molecular weight is 410 g/mol. The van der Waals surface area contributed by atoms with Crippen molar-refractivity contribution in [2.75, 3.05) is 0 Å². The van der Waals surface area contributed by atoms with Crippen molar-refractivity contribution in [3.8, 4) is 0 Å². The van der Waals surface area contributed by atoms with Crippen LogP contribution in [0, 0.1) is 46.3 Å². The van der Waals surface area contributed by atoms with E-state index in [1.54, 1.807) is 0 Å².